The number of hydrogen-bond donors (Lipinski definition) is 1. The third-order valence-corrected chi connectivity index (χ3v) is 5.52. The third kappa shape index (κ3) is 4.59. The van der Waals surface area contributed by atoms with Gasteiger partial charge in [-0.2, -0.15) is 4.37 Å². The molecule has 5 nitrogen and oxygen atoms in total. The Morgan fingerprint density at radius 2 is 2.12 bits per heavy atom. The smallest absolute Gasteiger partial charge is 0.323 e. The highest BCUT2D eigenvalue weighted by Gasteiger charge is 2.25. The first kappa shape index (κ1) is 18.4. The Hall–Kier alpha value is -1.44. The third-order valence-electron chi connectivity index (χ3n) is 4.24. The molecule has 2 heterocycles. The van der Waals surface area contributed by atoms with Gasteiger partial charge in [-0.05, 0) is 44.2 Å². The van der Waals surface area contributed by atoms with Crippen molar-refractivity contribution in [1.29, 1.82) is 0 Å². The molecular formula is C16H17Cl2FN4OS. The van der Waals surface area contributed by atoms with E-state index in [2.05, 4.69) is 14.7 Å². The summed E-state index contributed by atoms with van der Waals surface area (Å²) in [4.78, 5) is 18.1. The summed E-state index contributed by atoms with van der Waals surface area (Å²) >= 11 is 13.1. The molecule has 1 aliphatic rings. The number of carbonyl (C=O) groups excluding carboxylic acids is 1. The van der Waals surface area contributed by atoms with Gasteiger partial charge in [0.2, 0.25) is 5.13 Å². The van der Waals surface area contributed by atoms with Gasteiger partial charge in [0.05, 0.1) is 0 Å². The van der Waals surface area contributed by atoms with Crippen LogP contribution in [0.3, 0.4) is 0 Å². The number of aromatic nitrogens is 2. The lowest BCUT2D eigenvalue weighted by Gasteiger charge is -2.32. The molecule has 9 heteroatoms. The lowest BCUT2D eigenvalue weighted by Crippen LogP contribution is -2.41. The van der Waals surface area contributed by atoms with E-state index in [4.69, 9.17) is 23.2 Å². The van der Waals surface area contributed by atoms with Gasteiger partial charge in [-0.25, -0.2) is 14.2 Å². The summed E-state index contributed by atoms with van der Waals surface area (Å²) in [6.45, 7) is 3.00. The number of aryl methyl sites for hydroxylation is 1. The van der Waals surface area contributed by atoms with Gasteiger partial charge >= 0.3 is 6.03 Å². The largest absolute Gasteiger partial charge is 0.324 e. The Morgan fingerprint density at radius 1 is 1.40 bits per heavy atom. The molecule has 0 saturated carbocycles. The highest BCUT2D eigenvalue weighted by Crippen LogP contribution is 2.30. The standard InChI is InChI=1S/C16H17Cl2FN4OS/c1-9-20-15(25-22-9)21-16(24)23-4-2-10(3-5-23)6-12-13(18)7-11(17)8-14(12)19/h7-8,10H,2-6H2,1H3,(H,20,21,22,24). The molecule has 1 saturated heterocycles. The maximum absolute atomic E-state index is 14.1. The molecule has 0 spiro atoms. The fraction of sp³-hybridized carbons (Fsp3) is 0.438. The number of nitrogens with zero attached hydrogens (tertiary/aromatic N) is 3. The number of hydrogen-bond acceptors (Lipinski definition) is 4. The SMILES string of the molecule is Cc1nsc(NC(=O)N2CCC(Cc3c(F)cc(Cl)cc3Cl)CC2)n1. The molecule has 25 heavy (non-hydrogen) atoms. The number of nitrogens with one attached hydrogen (secondary N) is 1. The van der Waals surface area contributed by atoms with Gasteiger partial charge in [0.15, 0.2) is 0 Å². The van der Waals surface area contributed by atoms with Crippen molar-refractivity contribution in [1.82, 2.24) is 14.3 Å². The van der Waals surface area contributed by atoms with E-state index in [0.29, 0.717) is 46.1 Å². The molecule has 134 valence electrons. The van der Waals surface area contributed by atoms with E-state index in [-0.39, 0.29) is 17.8 Å². The van der Waals surface area contributed by atoms with Crippen LogP contribution in [0.4, 0.5) is 14.3 Å². The second-order valence-electron chi connectivity index (χ2n) is 6.06. The van der Waals surface area contributed by atoms with Crippen LogP contribution in [0.2, 0.25) is 10.0 Å². The normalized spacial score (nSPS) is 15.4. The van der Waals surface area contributed by atoms with E-state index < -0.39 is 0 Å². The zero-order chi connectivity index (χ0) is 18.0. The van der Waals surface area contributed by atoms with E-state index in [9.17, 15) is 9.18 Å². The molecule has 0 bridgehead atoms. The Morgan fingerprint density at radius 3 is 2.72 bits per heavy atom. The second-order valence-corrected chi connectivity index (χ2v) is 7.65. The summed E-state index contributed by atoms with van der Waals surface area (Å²) in [6.07, 6.45) is 2.13. The maximum Gasteiger partial charge on any atom is 0.323 e. The first-order chi connectivity index (χ1) is 11.9. The monoisotopic (exact) mass is 402 g/mol. The molecule has 1 aromatic carbocycles. The minimum Gasteiger partial charge on any atom is -0.324 e. The molecule has 0 atom stereocenters. The summed E-state index contributed by atoms with van der Waals surface area (Å²) in [7, 11) is 0. The van der Waals surface area contributed by atoms with Gasteiger partial charge in [-0.1, -0.05) is 23.2 Å². The van der Waals surface area contributed by atoms with Gasteiger partial charge in [0.1, 0.15) is 11.6 Å². The van der Waals surface area contributed by atoms with Gasteiger partial charge in [-0.15, -0.1) is 0 Å². The minimum atomic E-state index is -0.371. The number of rotatable bonds is 3. The summed E-state index contributed by atoms with van der Waals surface area (Å²) in [5, 5.41) is 3.91. The average molecular weight is 403 g/mol. The van der Waals surface area contributed by atoms with Crippen molar-refractivity contribution >= 4 is 45.9 Å². The van der Waals surface area contributed by atoms with Crippen LogP contribution in [0.5, 0.6) is 0 Å². The first-order valence-electron chi connectivity index (χ1n) is 7.92. The molecular weight excluding hydrogens is 386 g/mol. The quantitative estimate of drug-likeness (QED) is 0.803. The van der Waals surface area contributed by atoms with Gasteiger partial charge in [0, 0.05) is 40.2 Å². The molecule has 2 aromatic rings. The number of amides is 2. The van der Waals surface area contributed by atoms with Crippen molar-refractivity contribution in [2.24, 2.45) is 5.92 Å². The minimum absolute atomic E-state index is 0.176. The van der Waals surface area contributed by atoms with E-state index in [1.807, 2.05) is 0 Å². The van der Waals surface area contributed by atoms with Crippen molar-refractivity contribution in [2.75, 3.05) is 18.4 Å². The highest BCUT2D eigenvalue weighted by molar-refractivity contribution is 7.09. The van der Waals surface area contributed by atoms with Gasteiger partial charge in [-0.3, -0.25) is 5.32 Å². The van der Waals surface area contributed by atoms with Crippen LogP contribution < -0.4 is 5.32 Å². The van der Waals surface area contributed by atoms with Crippen LogP contribution in [0, 0.1) is 18.7 Å². The predicted octanol–water partition coefficient (Wildman–Crippen LogP) is 4.78. The van der Waals surface area contributed by atoms with Gasteiger partial charge in [0.25, 0.3) is 0 Å². The van der Waals surface area contributed by atoms with Crippen molar-refractivity contribution in [3.63, 3.8) is 0 Å². The number of benzene rings is 1. The molecule has 1 N–H and O–H groups in total. The summed E-state index contributed by atoms with van der Waals surface area (Å²) in [5.74, 6) is 0.547. The molecule has 0 unspecified atom stereocenters. The summed E-state index contributed by atoms with van der Waals surface area (Å²) < 4.78 is 18.1. The summed E-state index contributed by atoms with van der Waals surface area (Å²) in [5.41, 5.74) is 0.498. The molecule has 3 rings (SSSR count). The Labute approximate surface area is 159 Å². The fourth-order valence-electron chi connectivity index (χ4n) is 2.91. The lowest BCUT2D eigenvalue weighted by molar-refractivity contribution is 0.182. The molecule has 1 fully saturated rings. The van der Waals surface area contributed by atoms with Crippen molar-refractivity contribution in [3.05, 3.63) is 39.4 Å². The van der Waals surface area contributed by atoms with E-state index >= 15 is 0 Å². The predicted molar refractivity (Wildman–Crippen MR) is 98.1 cm³/mol. The molecule has 0 radical (unpaired) electrons. The van der Waals surface area contributed by atoms with Crippen LogP contribution in [0.15, 0.2) is 12.1 Å². The van der Waals surface area contributed by atoms with E-state index in [0.717, 1.165) is 24.4 Å². The van der Waals surface area contributed by atoms with Crippen LogP contribution in [-0.4, -0.2) is 33.4 Å². The number of anilines is 1. The zero-order valence-electron chi connectivity index (χ0n) is 13.6. The molecule has 2 amide bonds. The average Bonchev–Trinajstić information content (AvgIpc) is 2.96. The van der Waals surface area contributed by atoms with Crippen LogP contribution in [0.1, 0.15) is 24.2 Å². The van der Waals surface area contributed by atoms with Crippen LogP contribution >= 0.6 is 34.7 Å². The number of carbonyl (C=O) groups is 1. The van der Waals surface area contributed by atoms with E-state index in [1.54, 1.807) is 17.9 Å². The number of urea groups is 1. The van der Waals surface area contributed by atoms with Crippen LogP contribution in [0.25, 0.3) is 0 Å². The van der Waals surface area contributed by atoms with Crippen molar-refractivity contribution in [2.45, 2.75) is 26.2 Å². The van der Waals surface area contributed by atoms with Crippen molar-refractivity contribution in [3.8, 4) is 0 Å². The fourth-order valence-corrected chi connectivity index (χ4v) is 4.03. The first-order valence-corrected chi connectivity index (χ1v) is 9.45. The number of halogens is 3. The topological polar surface area (TPSA) is 58.1 Å². The molecule has 0 aliphatic carbocycles. The van der Waals surface area contributed by atoms with Crippen LogP contribution in [-0.2, 0) is 6.42 Å². The van der Waals surface area contributed by atoms with Gasteiger partial charge < -0.3 is 4.90 Å². The second kappa shape index (κ2) is 7.85. The Bertz CT molecular complexity index is 754. The zero-order valence-corrected chi connectivity index (χ0v) is 15.9. The molecule has 1 aliphatic heterocycles. The molecule has 1 aromatic heterocycles. The number of likely N-dealkylation sites (tertiary alicyclic amines) is 1. The lowest BCUT2D eigenvalue weighted by atomic mass is 9.90. The Kier molecular flexibility index (Phi) is 5.76. The number of piperidine rings is 1. The Balaban J connectivity index is 1.54. The van der Waals surface area contributed by atoms with Crippen molar-refractivity contribution < 1.29 is 9.18 Å². The van der Waals surface area contributed by atoms with E-state index in [1.165, 1.54) is 6.07 Å². The maximum atomic E-state index is 14.1. The summed E-state index contributed by atoms with van der Waals surface area (Å²) in [6, 6.07) is 2.68. The highest BCUT2D eigenvalue weighted by atomic mass is 35.5.